The van der Waals surface area contributed by atoms with Crippen LogP contribution < -0.4 is 21.1 Å². The quantitative estimate of drug-likeness (QED) is 0.0684. The number of nitrogens with two attached hydrogens (primary N) is 1. The van der Waals surface area contributed by atoms with Gasteiger partial charge in [0.1, 0.15) is 17.8 Å². The third kappa shape index (κ3) is 12.8. The minimum absolute atomic E-state index is 0.0822. The molecule has 5 N–H and O–H groups in total. The van der Waals surface area contributed by atoms with Crippen molar-refractivity contribution in [3.8, 4) is 28.3 Å². The maximum absolute atomic E-state index is 13.6. The van der Waals surface area contributed by atoms with Crippen LogP contribution in [-0.2, 0) is 21.4 Å². The molecule has 0 saturated heterocycles. The van der Waals surface area contributed by atoms with Gasteiger partial charge in [0.2, 0.25) is 5.91 Å². The molecular formula is C43H55N5O5. The average Bonchev–Trinajstić information content (AvgIpc) is 3.16. The Labute approximate surface area is 314 Å². The maximum atomic E-state index is 13.6. The highest BCUT2D eigenvalue weighted by atomic mass is 16.5. The van der Waals surface area contributed by atoms with E-state index in [-0.39, 0.29) is 18.3 Å². The molecule has 53 heavy (non-hydrogen) atoms. The summed E-state index contributed by atoms with van der Waals surface area (Å²) in [4.78, 5) is 48.1. The highest BCUT2D eigenvalue weighted by Crippen LogP contribution is 2.25. The Bertz CT molecular complexity index is 1730. The highest BCUT2D eigenvalue weighted by molar-refractivity contribution is 5.98. The molecular weight excluding hydrogens is 667 g/mol. The predicted molar refractivity (Wildman–Crippen MR) is 210 cm³/mol. The first-order valence-electron chi connectivity index (χ1n) is 18.8. The van der Waals surface area contributed by atoms with Gasteiger partial charge < -0.3 is 26.2 Å². The van der Waals surface area contributed by atoms with Crippen molar-refractivity contribution >= 4 is 17.8 Å². The first-order valence-corrected chi connectivity index (χ1v) is 18.8. The minimum Gasteiger partial charge on any atom is -0.494 e. The highest BCUT2D eigenvalue weighted by Gasteiger charge is 2.27. The lowest BCUT2D eigenvalue weighted by atomic mass is 9.86. The summed E-state index contributed by atoms with van der Waals surface area (Å²) in [5.74, 6) is -0.741. The molecule has 0 radical (unpaired) electrons. The van der Waals surface area contributed by atoms with Crippen LogP contribution in [0.4, 0.5) is 0 Å². The fourth-order valence-electron chi connectivity index (χ4n) is 5.89. The SMILES string of the molecule is CCCCCCCOc1ccc(-c2cnc(-c3ccc(C[C@H](NC(=O)c4ccc(C(C)(C)C)cc4)C(=O)N[C@H](CCCCN)C(=O)O)cc3)nc2)cc1. The molecule has 4 rings (SSSR count). The molecule has 0 aliphatic heterocycles. The van der Waals surface area contributed by atoms with Crippen LogP contribution >= 0.6 is 0 Å². The van der Waals surface area contributed by atoms with Crippen LogP contribution in [-0.4, -0.2) is 58.1 Å². The van der Waals surface area contributed by atoms with E-state index >= 15 is 0 Å². The van der Waals surface area contributed by atoms with Crippen LogP contribution in [0.15, 0.2) is 85.2 Å². The lowest BCUT2D eigenvalue weighted by molar-refractivity contribution is -0.142. The molecule has 0 saturated carbocycles. The number of hydrogen-bond donors (Lipinski definition) is 4. The summed E-state index contributed by atoms with van der Waals surface area (Å²) in [6, 6.07) is 20.5. The summed E-state index contributed by atoms with van der Waals surface area (Å²) in [6.07, 6.45) is 11.1. The number of amides is 2. The molecule has 3 aromatic carbocycles. The van der Waals surface area contributed by atoms with Gasteiger partial charge in [0.05, 0.1) is 6.61 Å². The number of hydrogen-bond acceptors (Lipinski definition) is 7. The minimum atomic E-state index is -1.14. The summed E-state index contributed by atoms with van der Waals surface area (Å²) >= 11 is 0. The number of benzene rings is 3. The van der Waals surface area contributed by atoms with Crippen LogP contribution in [0.2, 0.25) is 0 Å². The van der Waals surface area contributed by atoms with Crippen LogP contribution in [0.5, 0.6) is 5.75 Å². The van der Waals surface area contributed by atoms with E-state index in [4.69, 9.17) is 10.5 Å². The van der Waals surface area contributed by atoms with E-state index in [0.29, 0.717) is 30.8 Å². The Morgan fingerprint density at radius 2 is 1.40 bits per heavy atom. The summed E-state index contributed by atoms with van der Waals surface area (Å²) in [7, 11) is 0. The van der Waals surface area contributed by atoms with Crippen LogP contribution in [0.1, 0.15) is 101 Å². The zero-order chi connectivity index (χ0) is 38.2. The fraction of sp³-hybridized carbons (Fsp3) is 0.419. The van der Waals surface area contributed by atoms with Crippen molar-refractivity contribution in [2.75, 3.05) is 13.2 Å². The van der Waals surface area contributed by atoms with Crippen molar-refractivity contribution in [2.45, 2.75) is 103 Å². The van der Waals surface area contributed by atoms with Gasteiger partial charge in [-0.3, -0.25) is 9.59 Å². The molecule has 0 aliphatic rings. The van der Waals surface area contributed by atoms with Crippen LogP contribution in [0.25, 0.3) is 22.5 Å². The smallest absolute Gasteiger partial charge is 0.326 e. The van der Waals surface area contributed by atoms with Gasteiger partial charge in [0, 0.05) is 35.5 Å². The zero-order valence-corrected chi connectivity index (χ0v) is 31.6. The van der Waals surface area contributed by atoms with Crippen LogP contribution in [0, 0.1) is 0 Å². The standard InChI is InChI=1S/C43H55N5O5/c1-5-6-7-8-11-26-53-36-23-19-31(20-24-36)34-28-45-39(46-29-34)32-15-13-30(14-16-32)27-38(41(50)47-37(42(51)52)12-9-10-25-44)48-40(49)33-17-21-35(22-18-33)43(2,3)4/h13-24,28-29,37-38H,5-12,25-27,44H2,1-4H3,(H,47,50)(H,48,49)(H,51,52)/t37-,38+/m1/s1. The average molecular weight is 722 g/mol. The summed E-state index contributed by atoms with van der Waals surface area (Å²) in [5, 5.41) is 15.3. The molecule has 0 unspecified atom stereocenters. The molecule has 0 bridgehead atoms. The number of carbonyl (C=O) groups excluding carboxylic acids is 2. The van der Waals surface area contributed by atoms with E-state index in [9.17, 15) is 19.5 Å². The molecule has 2 atom stereocenters. The number of nitrogens with zero attached hydrogens (tertiary/aromatic N) is 2. The normalized spacial score (nSPS) is 12.5. The Balaban J connectivity index is 1.43. The third-order valence-corrected chi connectivity index (χ3v) is 9.20. The van der Waals surface area contributed by atoms with Crippen molar-refractivity contribution in [3.63, 3.8) is 0 Å². The number of ether oxygens (including phenoxy) is 1. The molecule has 1 aromatic heterocycles. The number of rotatable bonds is 20. The van der Waals surface area contributed by atoms with Crippen molar-refractivity contribution < 1.29 is 24.2 Å². The second-order valence-electron chi connectivity index (χ2n) is 14.5. The molecule has 0 spiro atoms. The van der Waals surface area contributed by atoms with Gasteiger partial charge in [-0.1, -0.05) is 102 Å². The molecule has 4 aromatic rings. The third-order valence-electron chi connectivity index (χ3n) is 9.20. The Kier molecular flexibility index (Phi) is 15.5. The van der Waals surface area contributed by atoms with Crippen molar-refractivity contribution in [1.82, 2.24) is 20.6 Å². The first-order chi connectivity index (χ1) is 25.5. The van der Waals surface area contributed by atoms with Gasteiger partial charge in [0.15, 0.2) is 5.82 Å². The molecule has 1 heterocycles. The molecule has 2 amide bonds. The van der Waals surface area contributed by atoms with Crippen molar-refractivity contribution in [1.29, 1.82) is 0 Å². The largest absolute Gasteiger partial charge is 0.494 e. The van der Waals surface area contributed by atoms with Gasteiger partial charge >= 0.3 is 5.97 Å². The first kappa shape index (κ1) is 40.7. The van der Waals surface area contributed by atoms with Crippen molar-refractivity contribution in [3.05, 3.63) is 102 Å². The van der Waals surface area contributed by atoms with Gasteiger partial charge in [-0.2, -0.15) is 0 Å². The number of nitrogens with one attached hydrogen (secondary N) is 2. The lowest BCUT2D eigenvalue weighted by Crippen LogP contribution is -2.52. The maximum Gasteiger partial charge on any atom is 0.326 e. The number of aliphatic carboxylic acids is 1. The van der Waals surface area contributed by atoms with Gasteiger partial charge in [-0.25, -0.2) is 14.8 Å². The molecule has 10 nitrogen and oxygen atoms in total. The number of aromatic nitrogens is 2. The number of carboxylic acid groups (broad SMARTS) is 1. The summed E-state index contributed by atoms with van der Waals surface area (Å²) in [5.41, 5.74) is 10.4. The number of carbonyl (C=O) groups is 3. The molecule has 0 aliphatic carbocycles. The second kappa shape index (κ2) is 20.2. The zero-order valence-electron chi connectivity index (χ0n) is 31.6. The number of unbranched alkanes of at least 4 members (excludes halogenated alkanes) is 5. The van der Waals surface area contributed by atoms with Crippen molar-refractivity contribution in [2.24, 2.45) is 5.73 Å². The molecule has 0 fully saturated rings. The Morgan fingerprint density at radius 3 is 2.00 bits per heavy atom. The second-order valence-corrected chi connectivity index (χ2v) is 14.5. The van der Waals surface area contributed by atoms with Gasteiger partial charge in [0.25, 0.3) is 5.91 Å². The van der Waals surface area contributed by atoms with E-state index in [1.54, 1.807) is 24.5 Å². The van der Waals surface area contributed by atoms with E-state index in [1.807, 2.05) is 60.7 Å². The number of carboxylic acids is 1. The summed E-state index contributed by atoms with van der Waals surface area (Å²) < 4.78 is 5.90. The van der Waals surface area contributed by atoms with E-state index in [0.717, 1.165) is 46.6 Å². The van der Waals surface area contributed by atoms with Gasteiger partial charge in [-0.15, -0.1) is 0 Å². The predicted octanol–water partition coefficient (Wildman–Crippen LogP) is 7.50. The summed E-state index contributed by atoms with van der Waals surface area (Å²) in [6.45, 7) is 9.64. The van der Waals surface area contributed by atoms with E-state index in [2.05, 4.69) is 48.3 Å². The fourth-order valence-corrected chi connectivity index (χ4v) is 5.89. The van der Waals surface area contributed by atoms with E-state index in [1.165, 1.54) is 25.7 Å². The van der Waals surface area contributed by atoms with Gasteiger partial charge in [-0.05, 0) is 78.6 Å². The Morgan fingerprint density at radius 1 is 0.755 bits per heavy atom. The van der Waals surface area contributed by atoms with E-state index < -0.39 is 29.9 Å². The monoisotopic (exact) mass is 721 g/mol. The van der Waals surface area contributed by atoms with Crippen LogP contribution in [0.3, 0.4) is 0 Å². The topological polar surface area (TPSA) is 157 Å². The molecule has 10 heteroatoms. The molecule has 282 valence electrons. The lowest BCUT2D eigenvalue weighted by Gasteiger charge is -2.22. The Hall–Kier alpha value is -5.09.